The minimum Gasteiger partial charge on any atom is -0.339 e. The molecule has 0 spiro atoms. The Balaban J connectivity index is 1.65. The van der Waals surface area contributed by atoms with Crippen LogP contribution in [0.4, 0.5) is 20.6 Å². The van der Waals surface area contributed by atoms with E-state index in [1.165, 1.54) is 12.1 Å². The number of aryl methyl sites for hydroxylation is 1. The molecule has 0 aliphatic rings. The fourth-order valence-electron chi connectivity index (χ4n) is 2.09. The third-order valence-corrected chi connectivity index (χ3v) is 3.84. The molecule has 2 N–H and O–H groups in total. The molecule has 3 rings (SSSR count). The SMILES string of the molecule is CCc1nc(-c2ccc(NC(=O)Nc3ccc(Br)cc3F)cc2)no1. The number of rotatable bonds is 4. The highest BCUT2D eigenvalue weighted by Crippen LogP contribution is 2.21. The third-order valence-electron chi connectivity index (χ3n) is 3.35. The van der Waals surface area contributed by atoms with Gasteiger partial charge in [0.15, 0.2) is 0 Å². The summed E-state index contributed by atoms with van der Waals surface area (Å²) in [5, 5.41) is 8.98. The summed E-state index contributed by atoms with van der Waals surface area (Å²) in [4.78, 5) is 16.2. The van der Waals surface area contributed by atoms with Gasteiger partial charge in [-0.05, 0) is 42.5 Å². The highest BCUT2D eigenvalue weighted by Gasteiger charge is 2.09. The molecular formula is C17H14BrFN4O2. The molecule has 3 aromatic rings. The Morgan fingerprint density at radius 1 is 1.20 bits per heavy atom. The van der Waals surface area contributed by atoms with Crippen LogP contribution in [0.15, 0.2) is 51.5 Å². The van der Waals surface area contributed by atoms with Crippen LogP contribution in [0.3, 0.4) is 0 Å². The Morgan fingerprint density at radius 3 is 2.60 bits per heavy atom. The van der Waals surface area contributed by atoms with Gasteiger partial charge in [-0.15, -0.1) is 0 Å². The normalized spacial score (nSPS) is 10.5. The molecule has 1 aromatic heterocycles. The summed E-state index contributed by atoms with van der Waals surface area (Å²) in [5.74, 6) is 0.529. The summed E-state index contributed by atoms with van der Waals surface area (Å²) < 4.78 is 19.4. The van der Waals surface area contributed by atoms with Crippen molar-refractivity contribution in [2.24, 2.45) is 0 Å². The molecule has 128 valence electrons. The van der Waals surface area contributed by atoms with E-state index < -0.39 is 11.8 Å². The van der Waals surface area contributed by atoms with Gasteiger partial charge < -0.3 is 15.2 Å². The molecule has 0 unspecified atom stereocenters. The van der Waals surface area contributed by atoms with Gasteiger partial charge in [-0.2, -0.15) is 4.98 Å². The molecule has 1 heterocycles. The average Bonchev–Trinajstić information content (AvgIpc) is 3.07. The lowest BCUT2D eigenvalue weighted by Gasteiger charge is -2.09. The van der Waals surface area contributed by atoms with Crippen LogP contribution in [0, 0.1) is 5.82 Å². The van der Waals surface area contributed by atoms with Gasteiger partial charge in [-0.3, -0.25) is 0 Å². The number of carbonyl (C=O) groups excluding carboxylic acids is 1. The number of hydrogen-bond donors (Lipinski definition) is 2. The van der Waals surface area contributed by atoms with Crippen molar-refractivity contribution < 1.29 is 13.7 Å². The van der Waals surface area contributed by atoms with Gasteiger partial charge in [0, 0.05) is 22.1 Å². The average molecular weight is 405 g/mol. The molecule has 0 bridgehead atoms. The minimum atomic E-state index is -0.540. The van der Waals surface area contributed by atoms with E-state index in [-0.39, 0.29) is 5.69 Å². The summed E-state index contributed by atoms with van der Waals surface area (Å²) >= 11 is 3.16. The third kappa shape index (κ3) is 4.21. The highest BCUT2D eigenvalue weighted by molar-refractivity contribution is 9.10. The van der Waals surface area contributed by atoms with E-state index in [9.17, 15) is 9.18 Å². The largest absolute Gasteiger partial charge is 0.339 e. The Bertz CT molecular complexity index is 896. The van der Waals surface area contributed by atoms with E-state index in [0.717, 1.165) is 5.56 Å². The highest BCUT2D eigenvalue weighted by atomic mass is 79.9. The molecule has 25 heavy (non-hydrogen) atoms. The molecule has 0 atom stereocenters. The quantitative estimate of drug-likeness (QED) is 0.651. The topological polar surface area (TPSA) is 80.0 Å². The van der Waals surface area contributed by atoms with E-state index in [1.807, 2.05) is 6.92 Å². The molecule has 6 nitrogen and oxygen atoms in total. The molecule has 8 heteroatoms. The maximum atomic E-state index is 13.7. The number of nitrogens with zero attached hydrogens (tertiary/aromatic N) is 2. The fourth-order valence-corrected chi connectivity index (χ4v) is 2.43. The molecule has 0 fully saturated rings. The van der Waals surface area contributed by atoms with Gasteiger partial charge in [-0.25, -0.2) is 9.18 Å². The molecular weight excluding hydrogens is 391 g/mol. The monoisotopic (exact) mass is 404 g/mol. The first-order chi connectivity index (χ1) is 12.0. The number of carbonyl (C=O) groups is 1. The first-order valence-electron chi connectivity index (χ1n) is 7.51. The number of halogens is 2. The second kappa shape index (κ2) is 7.43. The van der Waals surface area contributed by atoms with Crippen molar-refractivity contribution >= 4 is 33.3 Å². The van der Waals surface area contributed by atoms with E-state index >= 15 is 0 Å². The van der Waals surface area contributed by atoms with Crippen molar-refractivity contribution in [3.05, 3.63) is 58.6 Å². The molecule has 0 aliphatic carbocycles. The van der Waals surface area contributed by atoms with Crippen molar-refractivity contribution in [1.29, 1.82) is 0 Å². The van der Waals surface area contributed by atoms with Gasteiger partial charge in [0.25, 0.3) is 0 Å². The lowest BCUT2D eigenvalue weighted by atomic mass is 10.2. The summed E-state index contributed by atoms with van der Waals surface area (Å²) in [6, 6.07) is 10.8. The second-order valence-corrected chi connectivity index (χ2v) is 6.06. The lowest BCUT2D eigenvalue weighted by molar-refractivity contribution is 0.262. The van der Waals surface area contributed by atoms with Gasteiger partial charge in [0.1, 0.15) is 5.82 Å². The zero-order valence-corrected chi connectivity index (χ0v) is 14.8. The van der Waals surface area contributed by atoms with Crippen LogP contribution in [0.1, 0.15) is 12.8 Å². The van der Waals surface area contributed by atoms with Gasteiger partial charge in [-0.1, -0.05) is 28.0 Å². The first kappa shape index (κ1) is 17.1. The summed E-state index contributed by atoms with van der Waals surface area (Å²) in [5.41, 5.74) is 1.42. The van der Waals surface area contributed by atoms with Crippen molar-refractivity contribution in [1.82, 2.24) is 10.1 Å². The predicted molar refractivity (Wildman–Crippen MR) is 95.9 cm³/mol. The summed E-state index contributed by atoms with van der Waals surface area (Å²) in [6.07, 6.45) is 0.666. The lowest BCUT2D eigenvalue weighted by Crippen LogP contribution is -2.20. The van der Waals surface area contributed by atoms with Crippen molar-refractivity contribution in [3.8, 4) is 11.4 Å². The second-order valence-electron chi connectivity index (χ2n) is 5.15. The predicted octanol–water partition coefficient (Wildman–Crippen LogP) is 4.84. The Kier molecular flexibility index (Phi) is 5.08. The van der Waals surface area contributed by atoms with Crippen LogP contribution < -0.4 is 10.6 Å². The van der Waals surface area contributed by atoms with Crippen molar-refractivity contribution in [2.45, 2.75) is 13.3 Å². The molecule has 0 saturated carbocycles. The van der Waals surface area contributed by atoms with Crippen LogP contribution in [-0.2, 0) is 6.42 Å². The van der Waals surface area contributed by atoms with Gasteiger partial charge >= 0.3 is 6.03 Å². The van der Waals surface area contributed by atoms with E-state index in [2.05, 4.69) is 36.7 Å². The minimum absolute atomic E-state index is 0.0937. The number of anilines is 2. The molecule has 0 aliphatic heterocycles. The Morgan fingerprint density at radius 2 is 1.96 bits per heavy atom. The standard InChI is InChI=1S/C17H14BrFN4O2/c1-2-15-22-16(23-25-15)10-3-6-12(7-4-10)20-17(24)21-14-8-5-11(18)9-13(14)19/h3-9H,2H2,1H3,(H2,20,21,24). The van der Waals surface area contributed by atoms with Crippen LogP contribution in [-0.4, -0.2) is 16.2 Å². The molecule has 2 amide bonds. The maximum absolute atomic E-state index is 13.7. The first-order valence-corrected chi connectivity index (χ1v) is 8.30. The van der Waals surface area contributed by atoms with Gasteiger partial charge in [0.2, 0.25) is 11.7 Å². The van der Waals surface area contributed by atoms with Crippen LogP contribution >= 0.6 is 15.9 Å². The number of benzene rings is 2. The summed E-state index contributed by atoms with van der Waals surface area (Å²) in [6.45, 7) is 1.93. The molecule has 0 saturated heterocycles. The number of aromatic nitrogens is 2. The number of amides is 2. The zero-order chi connectivity index (χ0) is 17.8. The number of hydrogen-bond acceptors (Lipinski definition) is 4. The zero-order valence-electron chi connectivity index (χ0n) is 13.2. The van der Waals surface area contributed by atoms with Gasteiger partial charge in [0.05, 0.1) is 5.69 Å². The van der Waals surface area contributed by atoms with Crippen LogP contribution in [0.5, 0.6) is 0 Å². The van der Waals surface area contributed by atoms with Crippen molar-refractivity contribution in [3.63, 3.8) is 0 Å². The molecule has 0 radical (unpaired) electrons. The smallest absolute Gasteiger partial charge is 0.323 e. The Labute approximate surface area is 151 Å². The van der Waals surface area contributed by atoms with E-state index in [1.54, 1.807) is 30.3 Å². The molecule has 2 aromatic carbocycles. The van der Waals surface area contributed by atoms with Crippen molar-refractivity contribution in [2.75, 3.05) is 10.6 Å². The van der Waals surface area contributed by atoms with Crippen LogP contribution in [0.2, 0.25) is 0 Å². The van der Waals surface area contributed by atoms with E-state index in [0.29, 0.717) is 28.3 Å². The fraction of sp³-hybridized carbons (Fsp3) is 0.118. The maximum Gasteiger partial charge on any atom is 0.323 e. The van der Waals surface area contributed by atoms with E-state index in [4.69, 9.17) is 4.52 Å². The Hall–Kier alpha value is -2.74. The summed E-state index contributed by atoms with van der Waals surface area (Å²) in [7, 11) is 0. The number of nitrogens with one attached hydrogen (secondary N) is 2. The number of urea groups is 1. The van der Waals surface area contributed by atoms with Crippen LogP contribution in [0.25, 0.3) is 11.4 Å².